The first-order valence-electron chi connectivity index (χ1n) is 5.63. The summed E-state index contributed by atoms with van der Waals surface area (Å²) < 4.78 is 15.1. The van der Waals surface area contributed by atoms with Gasteiger partial charge in [0.05, 0.1) is 11.8 Å². The molecule has 4 heteroatoms. The van der Waals surface area contributed by atoms with Gasteiger partial charge in [-0.1, -0.05) is 6.92 Å². The average molecular weight is 234 g/mol. The van der Waals surface area contributed by atoms with Crippen LogP contribution < -0.4 is 0 Å². The molecule has 1 N–H and O–H groups in total. The Bertz CT molecular complexity index is 520. The van der Waals surface area contributed by atoms with Crippen molar-refractivity contribution in [3.05, 3.63) is 47.8 Å². The van der Waals surface area contributed by atoms with Crippen LogP contribution in [0.4, 0.5) is 4.39 Å². The number of aromatic nitrogens is 2. The maximum absolute atomic E-state index is 13.2. The molecule has 0 saturated heterocycles. The van der Waals surface area contributed by atoms with Crippen LogP contribution >= 0.6 is 0 Å². The van der Waals surface area contributed by atoms with Crippen molar-refractivity contribution in [2.75, 3.05) is 0 Å². The van der Waals surface area contributed by atoms with Crippen LogP contribution in [-0.4, -0.2) is 14.7 Å². The Morgan fingerprint density at radius 3 is 2.88 bits per heavy atom. The highest BCUT2D eigenvalue weighted by molar-refractivity contribution is 5.43. The normalized spacial score (nSPS) is 12.7. The summed E-state index contributed by atoms with van der Waals surface area (Å²) in [5.74, 6) is 0.543. The molecule has 0 aliphatic rings. The molecular formula is C13H15FN2O. The fraction of sp³-hybridized carbons (Fsp3) is 0.308. The largest absolute Gasteiger partial charge is 0.389 e. The Hall–Kier alpha value is -1.68. The molecule has 3 nitrogen and oxygen atoms in total. The van der Waals surface area contributed by atoms with Gasteiger partial charge < -0.3 is 9.67 Å². The van der Waals surface area contributed by atoms with Crippen LogP contribution in [-0.2, 0) is 6.42 Å². The summed E-state index contributed by atoms with van der Waals surface area (Å²) in [5.41, 5.74) is 1.34. The van der Waals surface area contributed by atoms with Gasteiger partial charge in [0.15, 0.2) is 0 Å². The van der Waals surface area contributed by atoms with Gasteiger partial charge in [-0.05, 0) is 25.1 Å². The number of aryl methyl sites for hydroxylation is 1. The zero-order valence-electron chi connectivity index (χ0n) is 9.89. The summed E-state index contributed by atoms with van der Waals surface area (Å²) in [6.45, 7) is 3.63. The number of nitrogens with zero attached hydrogens (tertiary/aromatic N) is 2. The topological polar surface area (TPSA) is 38.0 Å². The molecule has 2 aromatic rings. The Kier molecular flexibility index (Phi) is 3.24. The summed E-state index contributed by atoms with van der Waals surface area (Å²) in [7, 11) is 0. The lowest BCUT2D eigenvalue weighted by atomic mass is 10.1. The molecule has 0 fully saturated rings. The third-order valence-electron chi connectivity index (χ3n) is 2.73. The van der Waals surface area contributed by atoms with Crippen molar-refractivity contribution in [3.63, 3.8) is 0 Å². The van der Waals surface area contributed by atoms with Gasteiger partial charge in [-0.2, -0.15) is 0 Å². The van der Waals surface area contributed by atoms with Crippen molar-refractivity contribution in [1.29, 1.82) is 0 Å². The first-order valence-corrected chi connectivity index (χ1v) is 5.63. The number of rotatable bonds is 3. The molecule has 17 heavy (non-hydrogen) atoms. The van der Waals surface area contributed by atoms with Crippen LogP contribution in [0.25, 0.3) is 5.69 Å². The molecular weight excluding hydrogens is 219 g/mol. The second-order valence-corrected chi connectivity index (χ2v) is 3.95. The first kappa shape index (κ1) is 11.8. The Balaban J connectivity index is 2.59. The maximum Gasteiger partial charge on any atom is 0.123 e. The van der Waals surface area contributed by atoms with Crippen molar-refractivity contribution in [3.8, 4) is 5.69 Å². The quantitative estimate of drug-likeness (QED) is 0.886. The highest BCUT2D eigenvalue weighted by Gasteiger charge is 2.12. The number of aliphatic hydroxyl groups excluding tert-OH is 1. The molecule has 90 valence electrons. The van der Waals surface area contributed by atoms with Crippen molar-refractivity contribution in [1.82, 2.24) is 9.55 Å². The molecule has 1 heterocycles. The first-order chi connectivity index (χ1) is 8.13. The highest BCUT2D eigenvalue weighted by atomic mass is 19.1. The smallest absolute Gasteiger partial charge is 0.123 e. The van der Waals surface area contributed by atoms with E-state index >= 15 is 0 Å². The highest BCUT2D eigenvalue weighted by Crippen LogP contribution is 2.23. The van der Waals surface area contributed by atoms with Crippen LogP contribution in [0.3, 0.4) is 0 Å². The molecule has 0 amide bonds. The SMILES string of the molecule is CCc1nccn1-c1ccc(F)cc1C(C)O. The third-order valence-corrected chi connectivity index (χ3v) is 2.73. The lowest BCUT2D eigenvalue weighted by Crippen LogP contribution is -2.05. The molecule has 0 spiro atoms. The van der Waals surface area contributed by atoms with Crippen LogP contribution in [0.1, 0.15) is 31.3 Å². The summed E-state index contributed by atoms with van der Waals surface area (Å²) in [5, 5.41) is 9.69. The summed E-state index contributed by atoms with van der Waals surface area (Å²) in [6, 6.07) is 4.42. The Morgan fingerprint density at radius 2 is 2.24 bits per heavy atom. The predicted octanol–water partition coefficient (Wildman–Crippen LogP) is 2.63. The van der Waals surface area contributed by atoms with E-state index in [1.165, 1.54) is 12.1 Å². The third kappa shape index (κ3) is 2.22. The fourth-order valence-electron chi connectivity index (χ4n) is 1.89. The van der Waals surface area contributed by atoms with Crippen molar-refractivity contribution >= 4 is 0 Å². The van der Waals surface area contributed by atoms with E-state index in [1.807, 2.05) is 17.7 Å². The van der Waals surface area contributed by atoms with Crippen molar-refractivity contribution in [2.45, 2.75) is 26.4 Å². The molecule has 2 rings (SSSR count). The van der Waals surface area contributed by atoms with Gasteiger partial charge in [-0.3, -0.25) is 0 Å². The Labute approximate surface area is 99.5 Å². The van der Waals surface area contributed by atoms with Gasteiger partial charge in [0.1, 0.15) is 11.6 Å². The zero-order chi connectivity index (χ0) is 12.4. The van der Waals surface area contributed by atoms with E-state index in [4.69, 9.17) is 0 Å². The molecule has 1 unspecified atom stereocenters. The summed E-state index contributed by atoms with van der Waals surface area (Å²) >= 11 is 0. The number of hydrogen-bond acceptors (Lipinski definition) is 2. The maximum atomic E-state index is 13.2. The van der Waals surface area contributed by atoms with E-state index in [0.717, 1.165) is 17.9 Å². The lowest BCUT2D eigenvalue weighted by Gasteiger charge is -2.14. The van der Waals surface area contributed by atoms with Gasteiger partial charge in [0.2, 0.25) is 0 Å². The van der Waals surface area contributed by atoms with Gasteiger partial charge in [-0.15, -0.1) is 0 Å². The number of imidazole rings is 1. The lowest BCUT2D eigenvalue weighted by molar-refractivity contribution is 0.198. The standard InChI is InChI=1S/C13H15FN2O/c1-3-13-15-6-7-16(13)12-5-4-10(14)8-11(12)9(2)17/h4-9,17H,3H2,1-2H3. The molecule has 0 aliphatic carbocycles. The monoisotopic (exact) mass is 234 g/mol. The predicted molar refractivity (Wildman–Crippen MR) is 63.5 cm³/mol. The van der Waals surface area contributed by atoms with Gasteiger partial charge >= 0.3 is 0 Å². The van der Waals surface area contributed by atoms with Gasteiger partial charge in [0, 0.05) is 24.4 Å². The molecule has 0 saturated carbocycles. The average Bonchev–Trinajstić information content (AvgIpc) is 2.76. The van der Waals surface area contributed by atoms with Crippen molar-refractivity contribution < 1.29 is 9.50 Å². The van der Waals surface area contributed by atoms with Crippen molar-refractivity contribution in [2.24, 2.45) is 0 Å². The van der Waals surface area contributed by atoms with E-state index < -0.39 is 6.10 Å². The van der Waals surface area contributed by atoms with Crippen LogP contribution in [0.15, 0.2) is 30.6 Å². The van der Waals surface area contributed by atoms with Crippen LogP contribution in [0.2, 0.25) is 0 Å². The zero-order valence-corrected chi connectivity index (χ0v) is 9.89. The van der Waals surface area contributed by atoms with E-state index in [0.29, 0.717) is 5.56 Å². The number of halogens is 1. The molecule has 0 aliphatic heterocycles. The molecule has 0 radical (unpaired) electrons. The van der Waals surface area contributed by atoms with Crippen LogP contribution in [0.5, 0.6) is 0 Å². The molecule has 1 aromatic heterocycles. The van der Waals surface area contributed by atoms with Crippen LogP contribution in [0, 0.1) is 5.82 Å². The Morgan fingerprint density at radius 1 is 1.47 bits per heavy atom. The second-order valence-electron chi connectivity index (χ2n) is 3.95. The number of hydrogen-bond donors (Lipinski definition) is 1. The summed E-state index contributed by atoms with van der Waals surface area (Å²) in [6.07, 6.45) is 3.59. The number of benzene rings is 1. The van der Waals surface area contributed by atoms with Gasteiger partial charge in [-0.25, -0.2) is 9.37 Å². The minimum absolute atomic E-state index is 0.345. The summed E-state index contributed by atoms with van der Waals surface area (Å²) in [4.78, 5) is 4.22. The molecule has 1 atom stereocenters. The fourth-order valence-corrected chi connectivity index (χ4v) is 1.89. The minimum atomic E-state index is -0.715. The minimum Gasteiger partial charge on any atom is -0.389 e. The van der Waals surface area contributed by atoms with E-state index in [9.17, 15) is 9.50 Å². The molecule has 0 bridgehead atoms. The molecule has 1 aromatic carbocycles. The second kappa shape index (κ2) is 4.67. The number of aliphatic hydroxyl groups is 1. The van der Waals surface area contributed by atoms with Gasteiger partial charge in [0.25, 0.3) is 0 Å². The van der Waals surface area contributed by atoms with E-state index in [-0.39, 0.29) is 5.82 Å². The van der Waals surface area contributed by atoms with E-state index in [1.54, 1.807) is 19.2 Å². The van der Waals surface area contributed by atoms with E-state index in [2.05, 4.69) is 4.98 Å².